The normalized spacial score (nSPS) is 13.5. The number of fused-ring (bicyclic) bond motifs is 14. The second kappa shape index (κ2) is 9.82. The summed E-state index contributed by atoms with van der Waals surface area (Å²) in [6.45, 7) is 0. The van der Waals surface area contributed by atoms with Crippen LogP contribution in [-0.4, -0.2) is 0 Å². The lowest BCUT2D eigenvalue weighted by Crippen LogP contribution is -2.28. The van der Waals surface area contributed by atoms with Crippen LogP contribution in [0.2, 0.25) is 0 Å². The van der Waals surface area contributed by atoms with Gasteiger partial charge in [-0.3, -0.25) is 0 Å². The molecule has 2 nitrogen and oxygen atoms in total. The first-order valence-electron chi connectivity index (χ1n) is 16.9. The minimum atomic E-state index is -0.466. The van der Waals surface area contributed by atoms with Gasteiger partial charge in [0.1, 0.15) is 11.2 Å². The van der Waals surface area contributed by atoms with Crippen LogP contribution in [0.3, 0.4) is 0 Å². The Balaban J connectivity index is 1.22. The van der Waals surface area contributed by atoms with Gasteiger partial charge in [0.25, 0.3) is 0 Å². The van der Waals surface area contributed by atoms with E-state index in [1.54, 1.807) is 0 Å². The lowest BCUT2D eigenvalue weighted by molar-refractivity contribution is 0.669. The van der Waals surface area contributed by atoms with Crippen LogP contribution in [-0.2, 0) is 5.41 Å². The van der Waals surface area contributed by atoms with Crippen LogP contribution in [0.1, 0.15) is 22.3 Å². The summed E-state index contributed by atoms with van der Waals surface area (Å²) in [7, 11) is 0. The average molecular weight is 624 g/mol. The number of para-hydroxylation sites is 1. The molecule has 49 heavy (non-hydrogen) atoms. The van der Waals surface area contributed by atoms with Gasteiger partial charge in [-0.2, -0.15) is 0 Å². The summed E-state index contributed by atoms with van der Waals surface area (Å²) in [5.74, 6) is 0. The molecule has 11 rings (SSSR count). The van der Waals surface area contributed by atoms with Crippen LogP contribution in [0.5, 0.6) is 0 Å². The van der Waals surface area contributed by atoms with E-state index in [1.165, 1.54) is 55.3 Å². The standard InChI is InChI=1S/C47H29NO/c1-2-15-32(16-3-1)48(33-25-26-37-39-27-30-13-4-5-14-31(30)28-44(39)49-45(37)29-33)43-24-12-20-38-36-19-8-11-23-42(36)47(46(38)43)40-21-9-6-17-34(40)35-18-7-10-22-41(35)47/h1-29H. The number of nitrogens with zero attached hydrogens (tertiary/aromatic N) is 1. The summed E-state index contributed by atoms with van der Waals surface area (Å²) in [5, 5.41) is 4.66. The number of furan rings is 1. The van der Waals surface area contributed by atoms with Crippen molar-refractivity contribution in [2.75, 3.05) is 4.90 Å². The van der Waals surface area contributed by atoms with E-state index in [0.717, 1.165) is 39.0 Å². The lowest BCUT2D eigenvalue weighted by atomic mass is 9.70. The molecule has 228 valence electrons. The Morgan fingerprint density at radius 3 is 1.63 bits per heavy atom. The summed E-state index contributed by atoms with van der Waals surface area (Å²) in [6.07, 6.45) is 0. The van der Waals surface area contributed by atoms with Gasteiger partial charge in [-0.1, -0.05) is 127 Å². The number of rotatable bonds is 3. The highest BCUT2D eigenvalue weighted by Crippen LogP contribution is 2.65. The Morgan fingerprint density at radius 1 is 0.388 bits per heavy atom. The third kappa shape index (κ3) is 3.50. The van der Waals surface area contributed by atoms with E-state index in [9.17, 15) is 0 Å². The van der Waals surface area contributed by atoms with Crippen molar-refractivity contribution in [3.05, 3.63) is 198 Å². The monoisotopic (exact) mass is 623 g/mol. The van der Waals surface area contributed by atoms with Gasteiger partial charge >= 0.3 is 0 Å². The molecule has 0 bridgehead atoms. The molecule has 2 aliphatic carbocycles. The minimum Gasteiger partial charge on any atom is -0.456 e. The molecule has 1 aromatic heterocycles. The molecule has 0 radical (unpaired) electrons. The molecule has 9 aromatic rings. The van der Waals surface area contributed by atoms with Crippen LogP contribution in [0.25, 0.3) is 55.0 Å². The van der Waals surface area contributed by atoms with Gasteiger partial charge in [-0.15, -0.1) is 0 Å². The Hall–Kier alpha value is -6.38. The lowest BCUT2D eigenvalue weighted by Gasteiger charge is -2.35. The van der Waals surface area contributed by atoms with Gasteiger partial charge < -0.3 is 9.32 Å². The highest BCUT2D eigenvalue weighted by Gasteiger charge is 2.53. The van der Waals surface area contributed by atoms with E-state index in [2.05, 4.69) is 181 Å². The molecule has 0 amide bonds. The third-order valence-electron chi connectivity index (χ3n) is 10.8. The zero-order valence-corrected chi connectivity index (χ0v) is 26.6. The first-order chi connectivity index (χ1) is 24.3. The minimum absolute atomic E-state index is 0.466. The maximum absolute atomic E-state index is 6.63. The SMILES string of the molecule is c1ccc(N(c2ccc3c(c2)oc2cc4ccccc4cc23)c2cccc3c2C2(c4ccccc4-c4ccccc42)c2ccccc2-3)cc1. The number of anilines is 3. The van der Waals surface area contributed by atoms with Gasteiger partial charge in [0.05, 0.1) is 11.1 Å². The smallest absolute Gasteiger partial charge is 0.137 e. The van der Waals surface area contributed by atoms with E-state index in [-0.39, 0.29) is 0 Å². The molecule has 8 aromatic carbocycles. The van der Waals surface area contributed by atoms with Crippen LogP contribution in [0.15, 0.2) is 180 Å². The van der Waals surface area contributed by atoms with Crippen LogP contribution >= 0.6 is 0 Å². The maximum Gasteiger partial charge on any atom is 0.137 e. The maximum atomic E-state index is 6.63. The quantitative estimate of drug-likeness (QED) is 0.195. The highest BCUT2D eigenvalue weighted by atomic mass is 16.3. The molecular formula is C47H29NO. The Labute approximate surface area is 284 Å². The molecule has 1 heterocycles. The number of hydrogen-bond acceptors (Lipinski definition) is 2. The van der Waals surface area contributed by atoms with Crippen molar-refractivity contribution in [3.8, 4) is 22.3 Å². The van der Waals surface area contributed by atoms with Gasteiger partial charge in [-0.25, -0.2) is 0 Å². The first-order valence-corrected chi connectivity index (χ1v) is 16.9. The Bertz CT molecular complexity index is 2730. The highest BCUT2D eigenvalue weighted by molar-refractivity contribution is 6.11. The Kier molecular flexibility index (Phi) is 5.34. The average Bonchev–Trinajstić information content (AvgIpc) is 3.78. The van der Waals surface area contributed by atoms with Crippen molar-refractivity contribution in [3.63, 3.8) is 0 Å². The van der Waals surface area contributed by atoms with Gasteiger partial charge in [0.2, 0.25) is 0 Å². The fourth-order valence-corrected chi connectivity index (χ4v) is 8.91. The summed E-state index contributed by atoms with van der Waals surface area (Å²) in [6, 6.07) is 64.2. The van der Waals surface area contributed by atoms with Crippen LogP contribution in [0.4, 0.5) is 17.1 Å². The molecule has 1 spiro atoms. The molecule has 0 atom stereocenters. The molecule has 0 aliphatic heterocycles. The van der Waals surface area contributed by atoms with E-state index in [0.29, 0.717) is 0 Å². The summed E-state index contributed by atoms with van der Waals surface area (Å²) >= 11 is 0. The van der Waals surface area contributed by atoms with Crippen molar-refractivity contribution in [2.45, 2.75) is 5.41 Å². The molecule has 0 N–H and O–H groups in total. The molecular weight excluding hydrogens is 595 g/mol. The van der Waals surface area contributed by atoms with E-state index >= 15 is 0 Å². The second-order valence-electron chi connectivity index (χ2n) is 13.2. The zero-order valence-electron chi connectivity index (χ0n) is 26.6. The first kappa shape index (κ1) is 26.7. The van der Waals surface area contributed by atoms with Crippen molar-refractivity contribution in [2.24, 2.45) is 0 Å². The fraction of sp³-hybridized carbons (Fsp3) is 0.0213. The molecule has 2 aliphatic rings. The Morgan fingerprint density at radius 2 is 0.939 bits per heavy atom. The fourth-order valence-electron chi connectivity index (χ4n) is 8.91. The van der Waals surface area contributed by atoms with Crippen molar-refractivity contribution in [1.82, 2.24) is 0 Å². The molecule has 0 saturated carbocycles. The largest absolute Gasteiger partial charge is 0.456 e. The van der Waals surface area contributed by atoms with E-state index < -0.39 is 5.41 Å². The topological polar surface area (TPSA) is 16.4 Å². The predicted molar refractivity (Wildman–Crippen MR) is 202 cm³/mol. The molecule has 0 saturated heterocycles. The predicted octanol–water partition coefficient (Wildman–Crippen LogP) is 12.6. The third-order valence-corrected chi connectivity index (χ3v) is 10.8. The summed E-state index contributed by atoms with van der Waals surface area (Å²) in [4.78, 5) is 2.43. The van der Waals surface area contributed by atoms with Crippen molar-refractivity contribution in [1.29, 1.82) is 0 Å². The van der Waals surface area contributed by atoms with E-state index in [4.69, 9.17) is 4.42 Å². The van der Waals surface area contributed by atoms with Crippen LogP contribution < -0.4 is 4.90 Å². The zero-order chi connectivity index (χ0) is 32.1. The van der Waals surface area contributed by atoms with Crippen molar-refractivity contribution < 1.29 is 4.42 Å². The van der Waals surface area contributed by atoms with Gasteiger partial charge in [0, 0.05) is 33.8 Å². The number of hydrogen-bond donors (Lipinski definition) is 0. The molecule has 0 fully saturated rings. The second-order valence-corrected chi connectivity index (χ2v) is 13.2. The van der Waals surface area contributed by atoms with Crippen molar-refractivity contribution >= 4 is 49.8 Å². The summed E-state index contributed by atoms with van der Waals surface area (Å²) < 4.78 is 6.63. The molecule has 0 unspecified atom stereocenters. The van der Waals surface area contributed by atoms with Gasteiger partial charge in [0.15, 0.2) is 0 Å². The number of benzene rings is 8. The molecule has 2 heteroatoms. The van der Waals surface area contributed by atoms with Gasteiger partial charge in [-0.05, 0) is 92.2 Å². The van der Waals surface area contributed by atoms with Crippen LogP contribution in [0, 0.1) is 0 Å². The van der Waals surface area contributed by atoms with E-state index in [1.807, 2.05) is 0 Å². The summed E-state index contributed by atoms with van der Waals surface area (Å²) in [5.41, 5.74) is 15.1.